The van der Waals surface area contributed by atoms with Crippen LogP contribution in [0.25, 0.3) is 0 Å². The molecule has 1 fully saturated rings. The highest BCUT2D eigenvalue weighted by atomic mass is 16.3. The van der Waals surface area contributed by atoms with Gasteiger partial charge in [0.1, 0.15) is 0 Å². The number of likely N-dealkylation sites (N-methyl/N-ethyl adjacent to an activating group) is 1. The molecule has 0 unspecified atom stereocenters. The second-order valence-corrected chi connectivity index (χ2v) is 3.36. The first kappa shape index (κ1) is 8.02. The summed E-state index contributed by atoms with van der Waals surface area (Å²) in [6.45, 7) is 4.96. The molecule has 10 heavy (non-hydrogen) atoms. The third-order valence-corrected chi connectivity index (χ3v) is 2.38. The van der Waals surface area contributed by atoms with E-state index in [1.54, 1.807) is 0 Å². The molecule has 0 amide bonds. The lowest BCUT2D eigenvalue weighted by molar-refractivity contribution is 0.0400. The Bertz CT molecular complexity index is 112. The van der Waals surface area contributed by atoms with Crippen LogP contribution in [-0.2, 0) is 0 Å². The van der Waals surface area contributed by atoms with E-state index in [2.05, 4.69) is 12.2 Å². The molecule has 1 aliphatic carbocycles. The summed E-state index contributed by atoms with van der Waals surface area (Å²) in [6, 6.07) is 0.331. The van der Waals surface area contributed by atoms with E-state index >= 15 is 0 Å². The van der Waals surface area contributed by atoms with Gasteiger partial charge in [0, 0.05) is 6.04 Å². The fourth-order valence-corrected chi connectivity index (χ4v) is 1.72. The molecule has 1 rings (SSSR count). The van der Waals surface area contributed by atoms with Crippen LogP contribution < -0.4 is 5.32 Å². The van der Waals surface area contributed by atoms with Gasteiger partial charge in [-0.3, -0.25) is 0 Å². The first-order chi connectivity index (χ1) is 4.67. The van der Waals surface area contributed by atoms with E-state index in [9.17, 15) is 5.11 Å². The van der Waals surface area contributed by atoms with Gasteiger partial charge in [0.2, 0.25) is 0 Å². The van der Waals surface area contributed by atoms with Crippen molar-refractivity contribution in [1.82, 2.24) is 5.32 Å². The Hall–Kier alpha value is -0.0800. The maximum atomic E-state index is 9.72. The summed E-state index contributed by atoms with van der Waals surface area (Å²) in [6.07, 6.45) is 3.23. The van der Waals surface area contributed by atoms with E-state index in [0.29, 0.717) is 6.04 Å². The van der Waals surface area contributed by atoms with E-state index in [1.807, 2.05) is 6.92 Å². The molecule has 60 valence electrons. The fraction of sp³-hybridized carbons (Fsp3) is 1.00. The summed E-state index contributed by atoms with van der Waals surface area (Å²) < 4.78 is 0. The SMILES string of the molecule is CCN[C@@H]1CCC[C@@]1(C)O. The van der Waals surface area contributed by atoms with E-state index in [0.717, 1.165) is 25.8 Å². The van der Waals surface area contributed by atoms with Crippen LogP contribution in [-0.4, -0.2) is 23.3 Å². The molecule has 2 heteroatoms. The summed E-state index contributed by atoms with van der Waals surface area (Å²) in [5.41, 5.74) is -0.448. The molecule has 0 aromatic carbocycles. The largest absolute Gasteiger partial charge is 0.389 e. The minimum Gasteiger partial charge on any atom is -0.389 e. The number of hydrogen-bond donors (Lipinski definition) is 2. The number of aliphatic hydroxyl groups is 1. The average molecular weight is 143 g/mol. The van der Waals surface area contributed by atoms with Crippen LogP contribution >= 0.6 is 0 Å². The summed E-state index contributed by atoms with van der Waals surface area (Å²) >= 11 is 0. The Labute approximate surface area is 62.6 Å². The highest BCUT2D eigenvalue weighted by Gasteiger charge is 2.35. The molecule has 0 saturated heterocycles. The van der Waals surface area contributed by atoms with Gasteiger partial charge in [-0.25, -0.2) is 0 Å². The Morgan fingerprint density at radius 2 is 2.40 bits per heavy atom. The van der Waals surface area contributed by atoms with E-state index < -0.39 is 5.60 Å². The number of rotatable bonds is 2. The van der Waals surface area contributed by atoms with Gasteiger partial charge in [0.15, 0.2) is 0 Å². The molecule has 0 bridgehead atoms. The Kier molecular flexibility index (Phi) is 2.32. The predicted molar refractivity (Wildman–Crippen MR) is 41.9 cm³/mol. The predicted octanol–water partition coefficient (Wildman–Crippen LogP) is 0.899. The van der Waals surface area contributed by atoms with E-state index in [-0.39, 0.29) is 0 Å². The molecule has 2 atom stereocenters. The monoisotopic (exact) mass is 143 g/mol. The van der Waals surface area contributed by atoms with Crippen LogP contribution in [0.1, 0.15) is 33.1 Å². The average Bonchev–Trinajstić information content (AvgIpc) is 2.13. The third-order valence-electron chi connectivity index (χ3n) is 2.38. The van der Waals surface area contributed by atoms with Crippen molar-refractivity contribution in [2.24, 2.45) is 0 Å². The molecular weight excluding hydrogens is 126 g/mol. The maximum Gasteiger partial charge on any atom is 0.0772 e. The molecule has 0 aromatic rings. The van der Waals surface area contributed by atoms with Crippen LogP contribution in [0.15, 0.2) is 0 Å². The van der Waals surface area contributed by atoms with Crippen molar-refractivity contribution in [1.29, 1.82) is 0 Å². The van der Waals surface area contributed by atoms with Gasteiger partial charge in [-0.05, 0) is 32.7 Å². The minimum absolute atomic E-state index is 0.331. The Morgan fingerprint density at radius 1 is 1.70 bits per heavy atom. The maximum absolute atomic E-state index is 9.72. The summed E-state index contributed by atoms with van der Waals surface area (Å²) in [4.78, 5) is 0. The molecular formula is C8H17NO. The first-order valence-electron chi connectivity index (χ1n) is 4.12. The second-order valence-electron chi connectivity index (χ2n) is 3.36. The molecule has 2 N–H and O–H groups in total. The van der Waals surface area contributed by atoms with Crippen molar-refractivity contribution in [2.75, 3.05) is 6.54 Å². The van der Waals surface area contributed by atoms with Gasteiger partial charge in [-0.2, -0.15) is 0 Å². The smallest absolute Gasteiger partial charge is 0.0772 e. The highest BCUT2D eigenvalue weighted by molar-refractivity contribution is 4.93. The lowest BCUT2D eigenvalue weighted by atomic mass is 10.0. The van der Waals surface area contributed by atoms with Crippen LogP contribution in [0.3, 0.4) is 0 Å². The van der Waals surface area contributed by atoms with Gasteiger partial charge < -0.3 is 10.4 Å². The van der Waals surface area contributed by atoms with Crippen molar-refractivity contribution in [3.05, 3.63) is 0 Å². The van der Waals surface area contributed by atoms with Gasteiger partial charge in [0.05, 0.1) is 5.60 Å². The van der Waals surface area contributed by atoms with Gasteiger partial charge in [-0.1, -0.05) is 6.92 Å². The number of nitrogens with one attached hydrogen (secondary N) is 1. The zero-order chi connectivity index (χ0) is 7.61. The zero-order valence-corrected chi connectivity index (χ0v) is 6.85. The van der Waals surface area contributed by atoms with Crippen LogP contribution in [0.5, 0.6) is 0 Å². The van der Waals surface area contributed by atoms with Crippen LogP contribution in [0.2, 0.25) is 0 Å². The third kappa shape index (κ3) is 1.50. The van der Waals surface area contributed by atoms with Gasteiger partial charge in [0.25, 0.3) is 0 Å². The lowest BCUT2D eigenvalue weighted by Gasteiger charge is -2.25. The summed E-state index contributed by atoms with van der Waals surface area (Å²) in [5, 5.41) is 13.0. The van der Waals surface area contributed by atoms with E-state index in [4.69, 9.17) is 0 Å². The lowest BCUT2D eigenvalue weighted by Crippen LogP contribution is -2.44. The van der Waals surface area contributed by atoms with E-state index in [1.165, 1.54) is 0 Å². The minimum atomic E-state index is -0.448. The Morgan fingerprint density at radius 3 is 2.80 bits per heavy atom. The van der Waals surface area contributed by atoms with Gasteiger partial charge in [-0.15, -0.1) is 0 Å². The van der Waals surface area contributed by atoms with Crippen molar-refractivity contribution in [3.8, 4) is 0 Å². The fourth-order valence-electron chi connectivity index (χ4n) is 1.72. The van der Waals surface area contributed by atoms with Crippen molar-refractivity contribution in [2.45, 2.75) is 44.8 Å². The zero-order valence-electron chi connectivity index (χ0n) is 6.85. The molecule has 0 aliphatic heterocycles. The molecule has 1 saturated carbocycles. The molecule has 0 radical (unpaired) electrons. The topological polar surface area (TPSA) is 32.3 Å². The van der Waals surface area contributed by atoms with Crippen molar-refractivity contribution >= 4 is 0 Å². The van der Waals surface area contributed by atoms with Crippen LogP contribution in [0.4, 0.5) is 0 Å². The normalized spacial score (nSPS) is 40.5. The first-order valence-corrected chi connectivity index (χ1v) is 4.12. The molecule has 0 aromatic heterocycles. The molecule has 2 nitrogen and oxygen atoms in total. The molecule has 0 heterocycles. The standard InChI is InChI=1S/C8H17NO/c1-3-9-7-5-4-6-8(7,2)10/h7,9-10H,3-6H2,1-2H3/t7-,8-/m1/s1. The molecule has 0 spiro atoms. The number of hydrogen-bond acceptors (Lipinski definition) is 2. The second kappa shape index (κ2) is 2.89. The summed E-state index contributed by atoms with van der Waals surface area (Å²) in [7, 11) is 0. The molecule has 1 aliphatic rings. The quantitative estimate of drug-likeness (QED) is 0.602. The summed E-state index contributed by atoms with van der Waals surface area (Å²) in [5.74, 6) is 0. The highest BCUT2D eigenvalue weighted by Crippen LogP contribution is 2.28. The van der Waals surface area contributed by atoms with Crippen LogP contribution in [0, 0.1) is 0 Å². The Balaban J connectivity index is 2.43. The van der Waals surface area contributed by atoms with Crippen molar-refractivity contribution in [3.63, 3.8) is 0 Å². The van der Waals surface area contributed by atoms with Gasteiger partial charge >= 0.3 is 0 Å². The van der Waals surface area contributed by atoms with Crippen molar-refractivity contribution < 1.29 is 5.11 Å².